The van der Waals surface area contributed by atoms with E-state index in [1.54, 1.807) is 4.43 Å². The van der Waals surface area contributed by atoms with E-state index < -0.39 is 14.1 Å². The summed E-state index contributed by atoms with van der Waals surface area (Å²) in [6.07, 6.45) is 0. The van der Waals surface area contributed by atoms with Crippen molar-refractivity contribution in [2.45, 2.75) is 18.5 Å². The van der Waals surface area contributed by atoms with E-state index in [9.17, 15) is 0 Å². The molecule has 1 rings (SSSR count). The Labute approximate surface area is 67.3 Å². The van der Waals surface area contributed by atoms with Gasteiger partial charge in [-0.05, 0) is 6.92 Å². The second kappa shape index (κ2) is 3.23. The zero-order valence-corrected chi connectivity index (χ0v) is 8.04. The van der Waals surface area contributed by atoms with Gasteiger partial charge in [0.1, 0.15) is 0 Å². The smallest absolute Gasteiger partial charge is 0.108 e. The molecule has 1 aromatic carbocycles. The van der Waals surface area contributed by atoms with Gasteiger partial charge >= 0.3 is 0 Å². The Kier molecular flexibility index (Phi) is 2.54. The van der Waals surface area contributed by atoms with Crippen LogP contribution in [-0.2, 0) is 0 Å². The predicted octanol–water partition coefficient (Wildman–Crippen LogP) is 1.96. The lowest BCUT2D eigenvalue weighted by molar-refractivity contribution is 1.51. The lowest BCUT2D eigenvalue weighted by atomic mass is 10.2. The molecule has 52 valence electrons. The van der Waals surface area contributed by atoms with E-state index in [0.717, 1.165) is 0 Å². The summed E-state index contributed by atoms with van der Waals surface area (Å²) in [5, 5.41) is 0. The van der Waals surface area contributed by atoms with Gasteiger partial charge in [-0.2, -0.15) is 0 Å². The van der Waals surface area contributed by atoms with Crippen molar-refractivity contribution in [2.75, 3.05) is 0 Å². The Morgan fingerprint density at radius 1 is 1.10 bits per heavy atom. The molecule has 0 aliphatic carbocycles. The largest absolute Gasteiger partial charge is 0.299 e. The molecule has 1 heteroatoms. The van der Waals surface area contributed by atoms with Gasteiger partial charge in [-0.15, -0.1) is 16.0 Å². The summed E-state index contributed by atoms with van der Waals surface area (Å²) in [6.45, 7) is 2.20. The number of hydrogen-bond acceptors (Lipinski definition) is 0. The van der Waals surface area contributed by atoms with Gasteiger partial charge in [0.05, 0.1) is 0 Å². The molecular formula is C9H13Al. The predicted molar refractivity (Wildman–Crippen MR) is 48.3 cm³/mol. The van der Waals surface area contributed by atoms with Crippen molar-refractivity contribution in [2.24, 2.45) is 0 Å². The van der Waals surface area contributed by atoms with E-state index in [1.165, 1.54) is 5.56 Å². The van der Waals surface area contributed by atoms with Crippen LogP contribution in [0.1, 0.15) is 5.56 Å². The van der Waals surface area contributed by atoms with Crippen molar-refractivity contribution >= 4 is 18.6 Å². The molecule has 0 aliphatic heterocycles. The van der Waals surface area contributed by atoms with Gasteiger partial charge in [0.2, 0.25) is 0 Å². The molecule has 0 N–H and O–H groups in total. The molecule has 0 fully saturated rings. The van der Waals surface area contributed by atoms with E-state index in [-0.39, 0.29) is 0 Å². The first-order valence-electron chi connectivity index (χ1n) is 3.77. The van der Waals surface area contributed by atoms with Crippen molar-refractivity contribution in [3.63, 3.8) is 0 Å². The molecular weight excluding hydrogens is 135 g/mol. The fourth-order valence-electron chi connectivity index (χ4n) is 1.23. The lowest BCUT2D eigenvalue weighted by Crippen LogP contribution is -2.24. The zero-order chi connectivity index (χ0) is 7.56. The van der Waals surface area contributed by atoms with Crippen LogP contribution in [0.4, 0.5) is 0 Å². The van der Waals surface area contributed by atoms with E-state index >= 15 is 0 Å². The molecule has 0 aliphatic rings. The lowest BCUT2D eigenvalue weighted by Gasteiger charge is -2.03. The fraction of sp³-hybridized carbons (Fsp3) is 0.333. The third-order valence-corrected chi connectivity index (χ3v) is 3.70. The molecule has 0 aromatic heterocycles. The SMILES string of the molecule is Cc1cccc[c]1[Al]([CH3])[CH3]. The van der Waals surface area contributed by atoms with Crippen LogP contribution in [0.25, 0.3) is 0 Å². The van der Waals surface area contributed by atoms with E-state index in [1.807, 2.05) is 0 Å². The third kappa shape index (κ3) is 1.62. The Balaban J connectivity index is 3.03. The van der Waals surface area contributed by atoms with Gasteiger partial charge in [0, 0.05) is 0 Å². The average molecular weight is 148 g/mol. The molecule has 0 bridgehead atoms. The van der Waals surface area contributed by atoms with Gasteiger partial charge in [-0.25, -0.2) is 0 Å². The quantitative estimate of drug-likeness (QED) is 0.534. The molecule has 0 saturated heterocycles. The van der Waals surface area contributed by atoms with Crippen molar-refractivity contribution < 1.29 is 0 Å². The second-order valence-corrected chi connectivity index (χ2v) is 5.94. The summed E-state index contributed by atoms with van der Waals surface area (Å²) in [5.41, 5.74) is 1.46. The van der Waals surface area contributed by atoms with Crippen LogP contribution in [0.5, 0.6) is 0 Å². The van der Waals surface area contributed by atoms with Crippen LogP contribution in [0, 0.1) is 6.92 Å². The average Bonchev–Trinajstić information content (AvgIpc) is 1.88. The monoisotopic (exact) mass is 148 g/mol. The Morgan fingerprint density at radius 2 is 1.70 bits per heavy atom. The molecule has 0 saturated carbocycles. The van der Waals surface area contributed by atoms with Crippen LogP contribution in [0.15, 0.2) is 24.3 Å². The van der Waals surface area contributed by atoms with Gasteiger partial charge in [0.15, 0.2) is 0 Å². The number of benzene rings is 1. The summed E-state index contributed by atoms with van der Waals surface area (Å²) >= 11 is -0.568. The van der Waals surface area contributed by atoms with Crippen molar-refractivity contribution in [3.05, 3.63) is 29.8 Å². The molecule has 0 spiro atoms. The Morgan fingerprint density at radius 3 is 2.10 bits per heavy atom. The van der Waals surface area contributed by atoms with Crippen LogP contribution in [-0.4, -0.2) is 14.1 Å². The highest BCUT2D eigenvalue weighted by molar-refractivity contribution is 6.71. The maximum absolute atomic E-state index is 2.36. The third-order valence-electron chi connectivity index (χ3n) is 1.81. The first-order valence-corrected chi connectivity index (χ1v) is 6.66. The van der Waals surface area contributed by atoms with Crippen LogP contribution in [0.3, 0.4) is 0 Å². The zero-order valence-electron chi connectivity index (χ0n) is 6.89. The summed E-state index contributed by atoms with van der Waals surface area (Å²) < 4.78 is 1.60. The summed E-state index contributed by atoms with van der Waals surface area (Å²) in [4.78, 5) is 0. The fourth-order valence-corrected chi connectivity index (χ4v) is 2.74. The molecule has 0 radical (unpaired) electrons. The molecule has 10 heavy (non-hydrogen) atoms. The highest BCUT2D eigenvalue weighted by atomic mass is 27.2. The highest BCUT2D eigenvalue weighted by Crippen LogP contribution is 1.95. The topological polar surface area (TPSA) is 0 Å². The van der Waals surface area contributed by atoms with Crippen LogP contribution in [0.2, 0.25) is 11.6 Å². The van der Waals surface area contributed by atoms with Gasteiger partial charge < -0.3 is 0 Å². The first-order chi connectivity index (χ1) is 4.72. The molecule has 0 atom stereocenters. The maximum Gasteiger partial charge on any atom is 0.299 e. The minimum atomic E-state index is -0.568. The van der Waals surface area contributed by atoms with Crippen LogP contribution >= 0.6 is 0 Å². The minimum absolute atomic E-state index is 0.568. The molecule has 0 nitrogen and oxygen atoms in total. The van der Waals surface area contributed by atoms with E-state index in [0.29, 0.717) is 0 Å². The molecule has 1 aromatic rings. The highest BCUT2D eigenvalue weighted by Gasteiger charge is 2.06. The van der Waals surface area contributed by atoms with Crippen molar-refractivity contribution in [3.8, 4) is 0 Å². The van der Waals surface area contributed by atoms with Gasteiger partial charge in [-0.1, -0.05) is 29.8 Å². The van der Waals surface area contributed by atoms with Crippen molar-refractivity contribution in [1.29, 1.82) is 0 Å². The second-order valence-electron chi connectivity index (χ2n) is 3.01. The van der Waals surface area contributed by atoms with Crippen LogP contribution < -0.4 is 4.43 Å². The van der Waals surface area contributed by atoms with Gasteiger partial charge in [0.25, 0.3) is 14.1 Å². The maximum atomic E-state index is 2.36. The number of rotatable bonds is 1. The van der Waals surface area contributed by atoms with E-state index in [2.05, 4.69) is 42.8 Å². The van der Waals surface area contributed by atoms with Crippen molar-refractivity contribution in [1.82, 2.24) is 0 Å². The number of aryl methyl sites for hydroxylation is 1. The molecule has 0 amide bonds. The van der Waals surface area contributed by atoms with E-state index in [4.69, 9.17) is 0 Å². The molecule has 0 heterocycles. The number of hydrogen-bond donors (Lipinski definition) is 0. The minimum Gasteiger partial charge on any atom is -0.108 e. The Hall–Kier alpha value is -0.248. The summed E-state index contributed by atoms with van der Waals surface area (Å²) in [6, 6.07) is 8.69. The standard InChI is InChI=1S/C7H7.2CH3.Al/c1-7-5-3-2-4-6-7;;;/h2-5H,1H3;2*1H3;. The normalized spacial score (nSPS) is 9.50. The summed E-state index contributed by atoms with van der Waals surface area (Å²) in [5.74, 6) is 4.73. The first kappa shape index (κ1) is 7.86. The Bertz CT molecular complexity index is 216. The summed E-state index contributed by atoms with van der Waals surface area (Å²) in [7, 11) is 0. The van der Waals surface area contributed by atoms with Gasteiger partial charge in [-0.3, -0.25) is 0 Å². The molecule has 0 unspecified atom stereocenters.